The van der Waals surface area contributed by atoms with Crippen molar-refractivity contribution in [2.75, 3.05) is 6.61 Å². The summed E-state index contributed by atoms with van der Waals surface area (Å²) >= 11 is 1.49. The van der Waals surface area contributed by atoms with Crippen molar-refractivity contribution in [2.24, 2.45) is 5.92 Å². The van der Waals surface area contributed by atoms with Crippen LogP contribution in [0.1, 0.15) is 55.1 Å². The van der Waals surface area contributed by atoms with E-state index < -0.39 is 5.92 Å². The van der Waals surface area contributed by atoms with Crippen LogP contribution in [-0.2, 0) is 0 Å². The third-order valence-electron chi connectivity index (χ3n) is 5.02. The Morgan fingerprint density at radius 3 is 2.89 bits per heavy atom. The fraction of sp³-hybridized carbons (Fsp3) is 0.450. The van der Waals surface area contributed by atoms with E-state index >= 15 is 0 Å². The lowest BCUT2D eigenvalue weighted by molar-refractivity contribution is 0.232. The van der Waals surface area contributed by atoms with Crippen molar-refractivity contribution in [1.29, 1.82) is 5.26 Å². The van der Waals surface area contributed by atoms with E-state index in [0.717, 1.165) is 22.6 Å². The van der Waals surface area contributed by atoms with Gasteiger partial charge in [0.15, 0.2) is 0 Å². The second-order valence-corrected chi connectivity index (χ2v) is 7.93. The maximum Gasteiger partial charge on any atom is 0.316 e. The van der Waals surface area contributed by atoms with Crippen LogP contribution in [-0.4, -0.2) is 26.5 Å². The third-order valence-corrected chi connectivity index (χ3v) is 6.12. The molecule has 3 aromatic rings. The van der Waals surface area contributed by atoms with Crippen LogP contribution in [0.2, 0.25) is 0 Å². The van der Waals surface area contributed by atoms with Crippen molar-refractivity contribution in [3.05, 3.63) is 41.4 Å². The van der Waals surface area contributed by atoms with Gasteiger partial charge in [-0.3, -0.25) is 4.98 Å². The Kier molecular flexibility index (Phi) is 5.54. The normalized spacial score (nSPS) is 16.1. The molecule has 3 heterocycles. The fourth-order valence-electron chi connectivity index (χ4n) is 3.55. The highest BCUT2D eigenvalue weighted by Crippen LogP contribution is 2.31. The standard InChI is InChI=1S/C20H21N5OS/c21-12-15(19-24-17-13-22-9-7-18(17)27-19)16-6-10-23-20(25-16)26-11-8-14-4-2-1-3-5-14/h6-7,9-10,13-15H,1-5,8,11H2. The van der Waals surface area contributed by atoms with Gasteiger partial charge in [0.2, 0.25) is 0 Å². The number of fused-ring (bicyclic) bond motifs is 1. The van der Waals surface area contributed by atoms with Gasteiger partial charge in [0.25, 0.3) is 0 Å². The summed E-state index contributed by atoms with van der Waals surface area (Å²) < 4.78 is 6.79. The molecule has 0 bridgehead atoms. The Morgan fingerprint density at radius 1 is 1.19 bits per heavy atom. The molecule has 3 aromatic heterocycles. The van der Waals surface area contributed by atoms with Gasteiger partial charge >= 0.3 is 6.01 Å². The van der Waals surface area contributed by atoms with Gasteiger partial charge in [-0.05, 0) is 24.5 Å². The van der Waals surface area contributed by atoms with Gasteiger partial charge in [-0.15, -0.1) is 11.3 Å². The molecule has 1 atom stereocenters. The van der Waals surface area contributed by atoms with Crippen molar-refractivity contribution in [3.8, 4) is 12.1 Å². The van der Waals surface area contributed by atoms with E-state index in [1.165, 1.54) is 43.4 Å². The lowest BCUT2D eigenvalue weighted by atomic mass is 9.87. The van der Waals surface area contributed by atoms with Gasteiger partial charge in [0, 0.05) is 12.4 Å². The summed E-state index contributed by atoms with van der Waals surface area (Å²) in [5.41, 5.74) is 1.42. The Balaban J connectivity index is 1.46. The molecule has 0 spiro atoms. The molecule has 7 heteroatoms. The van der Waals surface area contributed by atoms with E-state index in [-0.39, 0.29) is 0 Å². The van der Waals surface area contributed by atoms with Crippen LogP contribution < -0.4 is 4.74 Å². The second kappa shape index (κ2) is 8.40. The van der Waals surface area contributed by atoms with Gasteiger partial charge in [0.05, 0.1) is 34.8 Å². The Hall–Kier alpha value is -2.59. The van der Waals surface area contributed by atoms with E-state index in [0.29, 0.717) is 23.3 Å². The van der Waals surface area contributed by atoms with Gasteiger partial charge < -0.3 is 4.74 Å². The van der Waals surface area contributed by atoms with E-state index in [4.69, 9.17) is 4.74 Å². The third kappa shape index (κ3) is 4.22. The van der Waals surface area contributed by atoms with Gasteiger partial charge in [-0.25, -0.2) is 9.97 Å². The van der Waals surface area contributed by atoms with Crippen LogP contribution in [0.15, 0.2) is 30.7 Å². The minimum atomic E-state index is -0.536. The fourth-order valence-corrected chi connectivity index (χ4v) is 4.54. The molecule has 0 radical (unpaired) electrons. The summed E-state index contributed by atoms with van der Waals surface area (Å²) in [5.74, 6) is 0.219. The van der Waals surface area contributed by atoms with E-state index in [1.54, 1.807) is 24.7 Å². The molecular weight excluding hydrogens is 358 g/mol. The molecule has 1 unspecified atom stereocenters. The Morgan fingerprint density at radius 2 is 2.07 bits per heavy atom. The first-order valence-electron chi connectivity index (χ1n) is 9.39. The Labute approximate surface area is 162 Å². The minimum Gasteiger partial charge on any atom is -0.463 e. The number of aromatic nitrogens is 4. The topological polar surface area (TPSA) is 84.6 Å². The summed E-state index contributed by atoms with van der Waals surface area (Å²) in [6, 6.07) is 6.32. The molecule has 27 heavy (non-hydrogen) atoms. The number of rotatable bonds is 6. The van der Waals surface area contributed by atoms with E-state index in [1.807, 2.05) is 6.07 Å². The molecule has 1 fully saturated rings. The number of pyridine rings is 1. The van der Waals surface area contributed by atoms with Crippen LogP contribution in [0.25, 0.3) is 10.2 Å². The van der Waals surface area contributed by atoms with Crippen LogP contribution in [0.4, 0.5) is 0 Å². The SMILES string of the molecule is N#CC(c1ccnc(OCCC2CCCCC2)n1)c1nc2cnccc2s1. The summed E-state index contributed by atoms with van der Waals surface area (Å²) in [4.78, 5) is 17.3. The van der Waals surface area contributed by atoms with Crippen molar-refractivity contribution in [1.82, 2.24) is 19.9 Å². The number of ether oxygens (including phenoxy) is 1. The van der Waals surface area contributed by atoms with Crippen molar-refractivity contribution < 1.29 is 4.74 Å². The maximum atomic E-state index is 9.70. The average molecular weight is 379 g/mol. The minimum absolute atomic E-state index is 0.339. The molecule has 0 aliphatic heterocycles. The number of nitrogens with zero attached hydrogens (tertiary/aromatic N) is 5. The molecule has 0 aromatic carbocycles. The molecule has 0 amide bonds. The molecule has 0 saturated heterocycles. The zero-order valence-electron chi connectivity index (χ0n) is 15.0. The predicted octanol–water partition coefficient (Wildman–Crippen LogP) is 4.49. The predicted molar refractivity (Wildman–Crippen MR) is 104 cm³/mol. The molecule has 1 saturated carbocycles. The molecule has 1 aliphatic carbocycles. The molecule has 6 nitrogen and oxygen atoms in total. The first kappa shape index (κ1) is 17.8. The van der Waals surface area contributed by atoms with E-state index in [2.05, 4.69) is 26.0 Å². The van der Waals surface area contributed by atoms with Crippen molar-refractivity contribution >= 4 is 21.6 Å². The highest BCUT2D eigenvalue weighted by molar-refractivity contribution is 7.18. The summed E-state index contributed by atoms with van der Waals surface area (Å²) in [5, 5.41) is 10.4. The van der Waals surface area contributed by atoms with Crippen LogP contribution in [0.5, 0.6) is 6.01 Å². The number of hydrogen-bond donors (Lipinski definition) is 0. The molecule has 4 rings (SSSR count). The zero-order chi connectivity index (χ0) is 18.5. The van der Waals surface area contributed by atoms with Gasteiger partial charge in [-0.1, -0.05) is 32.1 Å². The smallest absolute Gasteiger partial charge is 0.316 e. The molecular formula is C20H21N5OS. The number of nitriles is 1. The first-order valence-corrected chi connectivity index (χ1v) is 10.2. The number of thiazole rings is 1. The lowest BCUT2D eigenvalue weighted by Crippen LogP contribution is -2.12. The second-order valence-electron chi connectivity index (χ2n) is 6.86. The summed E-state index contributed by atoms with van der Waals surface area (Å²) in [6.07, 6.45) is 12.8. The van der Waals surface area contributed by atoms with Gasteiger partial charge in [-0.2, -0.15) is 10.2 Å². The van der Waals surface area contributed by atoms with Crippen LogP contribution in [0.3, 0.4) is 0 Å². The Bertz CT molecular complexity index is 912. The van der Waals surface area contributed by atoms with Crippen LogP contribution in [0, 0.1) is 17.2 Å². The number of hydrogen-bond acceptors (Lipinski definition) is 7. The maximum absolute atomic E-state index is 9.70. The lowest BCUT2D eigenvalue weighted by Gasteiger charge is -2.21. The highest BCUT2D eigenvalue weighted by Gasteiger charge is 2.21. The quantitative estimate of drug-likeness (QED) is 0.627. The van der Waals surface area contributed by atoms with Crippen molar-refractivity contribution in [3.63, 3.8) is 0 Å². The monoisotopic (exact) mass is 379 g/mol. The molecule has 138 valence electrons. The van der Waals surface area contributed by atoms with Crippen molar-refractivity contribution in [2.45, 2.75) is 44.4 Å². The summed E-state index contributed by atoms with van der Waals surface area (Å²) in [6.45, 7) is 0.623. The highest BCUT2D eigenvalue weighted by atomic mass is 32.1. The summed E-state index contributed by atoms with van der Waals surface area (Å²) in [7, 11) is 0. The van der Waals surface area contributed by atoms with Crippen LogP contribution >= 0.6 is 11.3 Å². The first-order chi connectivity index (χ1) is 13.3. The average Bonchev–Trinajstić information content (AvgIpc) is 3.13. The zero-order valence-corrected chi connectivity index (χ0v) is 15.9. The molecule has 1 aliphatic rings. The largest absolute Gasteiger partial charge is 0.463 e. The molecule has 0 N–H and O–H groups in total. The van der Waals surface area contributed by atoms with E-state index in [9.17, 15) is 5.26 Å². The van der Waals surface area contributed by atoms with Gasteiger partial charge in [0.1, 0.15) is 10.9 Å².